The highest BCUT2D eigenvalue weighted by Gasteiger charge is 2.10. The SMILES string of the molecule is Cn1nc(CNC(=O)Cc2ccccc2Cl)cc1-c1ccccn1. The Kier molecular flexibility index (Phi) is 4.91. The lowest BCUT2D eigenvalue weighted by Gasteiger charge is -2.05. The van der Waals surface area contributed by atoms with E-state index in [9.17, 15) is 4.79 Å². The Labute approximate surface area is 145 Å². The van der Waals surface area contributed by atoms with Gasteiger partial charge in [0.25, 0.3) is 0 Å². The second kappa shape index (κ2) is 7.27. The van der Waals surface area contributed by atoms with Crippen LogP contribution < -0.4 is 5.32 Å². The minimum atomic E-state index is -0.0897. The molecule has 1 N–H and O–H groups in total. The van der Waals surface area contributed by atoms with Gasteiger partial charge in [0.05, 0.1) is 30.0 Å². The van der Waals surface area contributed by atoms with Crippen LogP contribution in [0.25, 0.3) is 11.4 Å². The fourth-order valence-electron chi connectivity index (χ4n) is 2.43. The molecule has 2 aromatic heterocycles. The zero-order chi connectivity index (χ0) is 16.9. The Morgan fingerprint density at radius 1 is 1.21 bits per heavy atom. The summed E-state index contributed by atoms with van der Waals surface area (Å²) in [6, 6.07) is 15.0. The highest BCUT2D eigenvalue weighted by atomic mass is 35.5. The Bertz CT molecular complexity index is 845. The standard InChI is InChI=1S/C18H17ClN4O/c1-23-17(16-8-4-5-9-20-16)11-14(22-23)12-21-18(24)10-13-6-2-3-7-15(13)19/h2-9,11H,10,12H2,1H3,(H,21,24). The maximum Gasteiger partial charge on any atom is 0.224 e. The van der Waals surface area contributed by atoms with Crippen LogP contribution in [0.3, 0.4) is 0 Å². The molecule has 0 saturated carbocycles. The van der Waals surface area contributed by atoms with Crippen LogP contribution in [0.15, 0.2) is 54.7 Å². The monoisotopic (exact) mass is 340 g/mol. The van der Waals surface area contributed by atoms with Gasteiger partial charge in [-0.05, 0) is 29.8 Å². The van der Waals surface area contributed by atoms with E-state index in [0.717, 1.165) is 22.6 Å². The van der Waals surface area contributed by atoms with Crippen LogP contribution >= 0.6 is 11.6 Å². The van der Waals surface area contributed by atoms with Gasteiger partial charge in [-0.1, -0.05) is 35.9 Å². The van der Waals surface area contributed by atoms with Gasteiger partial charge in [-0.25, -0.2) is 0 Å². The number of nitrogens with one attached hydrogen (secondary N) is 1. The fourth-order valence-corrected chi connectivity index (χ4v) is 2.64. The molecule has 0 aliphatic rings. The Morgan fingerprint density at radius 3 is 2.75 bits per heavy atom. The normalized spacial score (nSPS) is 10.6. The number of nitrogens with zero attached hydrogens (tertiary/aromatic N) is 3. The number of hydrogen-bond acceptors (Lipinski definition) is 3. The van der Waals surface area contributed by atoms with Crippen LogP contribution in [0.4, 0.5) is 0 Å². The van der Waals surface area contributed by atoms with Gasteiger partial charge in [-0.15, -0.1) is 0 Å². The van der Waals surface area contributed by atoms with Crippen molar-refractivity contribution in [3.05, 3.63) is 71.0 Å². The lowest BCUT2D eigenvalue weighted by atomic mass is 10.1. The number of aryl methyl sites for hydroxylation is 1. The van der Waals surface area contributed by atoms with Gasteiger partial charge in [-0.3, -0.25) is 14.5 Å². The zero-order valence-electron chi connectivity index (χ0n) is 13.2. The molecule has 2 heterocycles. The lowest BCUT2D eigenvalue weighted by Crippen LogP contribution is -2.24. The molecule has 0 saturated heterocycles. The minimum Gasteiger partial charge on any atom is -0.350 e. The number of halogens is 1. The topological polar surface area (TPSA) is 59.8 Å². The van der Waals surface area contributed by atoms with E-state index in [4.69, 9.17) is 11.6 Å². The summed E-state index contributed by atoms with van der Waals surface area (Å²) in [7, 11) is 1.86. The molecule has 0 unspecified atom stereocenters. The second-order valence-corrected chi connectivity index (χ2v) is 5.81. The highest BCUT2D eigenvalue weighted by Crippen LogP contribution is 2.17. The maximum absolute atomic E-state index is 12.1. The van der Waals surface area contributed by atoms with Crippen LogP contribution in [-0.2, 0) is 24.8 Å². The third-order valence-electron chi connectivity index (χ3n) is 3.63. The zero-order valence-corrected chi connectivity index (χ0v) is 14.0. The maximum atomic E-state index is 12.1. The molecule has 0 aliphatic carbocycles. The fraction of sp³-hybridized carbons (Fsp3) is 0.167. The first-order valence-electron chi connectivity index (χ1n) is 7.58. The molecule has 24 heavy (non-hydrogen) atoms. The summed E-state index contributed by atoms with van der Waals surface area (Å²) in [5, 5.41) is 7.89. The van der Waals surface area contributed by atoms with Gasteiger partial charge in [0, 0.05) is 18.3 Å². The molecule has 0 radical (unpaired) electrons. The molecule has 3 aromatic rings. The Balaban J connectivity index is 1.63. The molecule has 0 aliphatic heterocycles. The Morgan fingerprint density at radius 2 is 2.00 bits per heavy atom. The summed E-state index contributed by atoms with van der Waals surface area (Å²) < 4.78 is 1.76. The molecule has 0 bridgehead atoms. The number of carbonyl (C=O) groups excluding carboxylic acids is 1. The predicted molar refractivity (Wildman–Crippen MR) is 93.4 cm³/mol. The smallest absolute Gasteiger partial charge is 0.224 e. The van der Waals surface area contributed by atoms with E-state index in [-0.39, 0.29) is 12.3 Å². The summed E-state index contributed by atoms with van der Waals surface area (Å²) in [4.78, 5) is 16.4. The predicted octanol–water partition coefficient (Wildman–Crippen LogP) is 2.99. The second-order valence-electron chi connectivity index (χ2n) is 5.40. The first-order valence-corrected chi connectivity index (χ1v) is 7.95. The van der Waals surface area contributed by atoms with E-state index in [0.29, 0.717) is 11.6 Å². The van der Waals surface area contributed by atoms with E-state index in [1.165, 1.54) is 0 Å². The van der Waals surface area contributed by atoms with E-state index in [1.54, 1.807) is 16.9 Å². The third-order valence-corrected chi connectivity index (χ3v) is 4.00. The van der Waals surface area contributed by atoms with Gasteiger partial charge >= 0.3 is 0 Å². The van der Waals surface area contributed by atoms with Crippen molar-refractivity contribution in [2.45, 2.75) is 13.0 Å². The molecule has 3 rings (SSSR count). The van der Waals surface area contributed by atoms with E-state index >= 15 is 0 Å². The van der Waals surface area contributed by atoms with Crippen molar-refractivity contribution < 1.29 is 4.79 Å². The molecule has 1 amide bonds. The molecule has 0 atom stereocenters. The van der Waals surface area contributed by atoms with Crippen molar-refractivity contribution in [2.24, 2.45) is 7.05 Å². The van der Waals surface area contributed by atoms with E-state index in [2.05, 4.69) is 15.4 Å². The number of rotatable bonds is 5. The quantitative estimate of drug-likeness (QED) is 0.776. The van der Waals surface area contributed by atoms with E-state index < -0.39 is 0 Å². The Hall–Kier alpha value is -2.66. The average Bonchev–Trinajstić information content (AvgIpc) is 2.97. The third kappa shape index (κ3) is 3.81. The molecular weight excluding hydrogens is 324 g/mol. The summed E-state index contributed by atoms with van der Waals surface area (Å²) in [6.45, 7) is 0.365. The number of benzene rings is 1. The first kappa shape index (κ1) is 16.2. The molecule has 5 nitrogen and oxygen atoms in total. The van der Waals surface area contributed by atoms with Crippen molar-refractivity contribution in [3.63, 3.8) is 0 Å². The molecular formula is C18H17ClN4O. The number of aromatic nitrogens is 3. The van der Waals surface area contributed by atoms with Crippen LogP contribution in [0.5, 0.6) is 0 Å². The van der Waals surface area contributed by atoms with E-state index in [1.807, 2.05) is 49.5 Å². The lowest BCUT2D eigenvalue weighted by molar-refractivity contribution is -0.120. The van der Waals surface area contributed by atoms with Crippen LogP contribution in [0.1, 0.15) is 11.3 Å². The molecule has 122 valence electrons. The summed E-state index contributed by atoms with van der Waals surface area (Å²) >= 11 is 6.07. The van der Waals surface area contributed by atoms with Crippen molar-refractivity contribution in [1.82, 2.24) is 20.1 Å². The molecule has 0 spiro atoms. The van der Waals surface area contributed by atoms with Gasteiger partial charge in [0.1, 0.15) is 0 Å². The first-order chi connectivity index (χ1) is 11.6. The van der Waals surface area contributed by atoms with Crippen molar-refractivity contribution in [3.8, 4) is 11.4 Å². The van der Waals surface area contributed by atoms with Gasteiger partial charge < -0.3 is 5.32 Å². The van der Waals surface area contributed by atoms with Crippen LogP contribution in [0, 0.1) is 0 Å². The molecule has 0 fully saturated rings. The van der Waals surface area contributed by atoms with Crippen molar-refractivity contribution in [2.75, 3.05) is 0 Å². The van der Waals surface area contributed by atoms with Crippen molar-refractivity contribution in [1.29, 1.82) is 0 Å². The summed E-state index contributed by atoms with van der Waals surface area (Å²) in [5.74, 6) is -0.0897. The van der Waals surface area contributed by atoms with Crippen LogP contribution in [0.2, 0.25) is 5.02 Å². The summed E-state index contributed by atoms with van der Waals surface area (Å²) in [6.07, 6.45) is 1.99. The number of pyridine rings is 1. The van der Waals surface area contributed by atoms with Gasteiger partial charge in [0.15, 0.2) is 0 Å². The largest absolute Gasteiger partial charge is 0.350 e. The molecule has 1 aromatic carbocycles. The number of amides is 1. The summed E-state index contributed by atoms with van der Waals surface area (Å²) in [5.41, 5.74) is 3.35. The average molecular weight is 341 g/mol. The van der Waals surface area contributed by atoms with Crippen LogP contribution in [-0.4, -0.2) is 20.7 Å². The van der Waals surface area contributed by atoms with Crippen molar-refractivity contribution >= 4 is 17.5 Å². The highest BCUT2D eigenvalue weighted by molar-refractivity contribution is 6.31. The number of hydrogen-bond donors (Lipinski definition) is 1. The van der Waals surface area contributed by atoms with Gasteiger partial charge in [0.2, 0.25) is 5.91 Å². The number of carbonyl (C=O) groups is 1. The minimum absolute atomic E-state index is 0.0897. The van der Waals surface area contributed by atoms with Gasteiger partial charge in [-0.2, -0.15) is 5.10 Å². The molecule has 6 heteroatoms.